The normalized spacial score (nSPS) is 10.6. The van der Waals surface area contributed by atoms with Gasteiger partial charge in [-0.25, -0.2) is 0 Å². The Bertz CT molecular complexity index is 809. The third kappa shape index (κ3) is 2.42. The summed E-state index contributed by atoms with van der Waals surface area (Å²) in [6.45, 7) is 2.10. The van der Waals surface area contributed by atoms with E-state index in [9.17, 15) is 4.79 Å². The molecule has 0 aliphatic rings. The van der Waals surface area contributed by atoms with Crippen LogP contribution in [0.25, 0.3) is 5.69 Å². The van der Waals surface area contributed by atoms with Crippen LogP contribution in [0.4, 0.5) is 0 Å². The molecular formula is C17H16N4O. The van der Waals surface area contributed by atoms with Crippen molar-refractivity contribution in [3.8, 4) is 5.69 Å². The lowest BCUT2D eigenvalue weighted by molar-refractivity contribution is 0.103. The summed E-state index contributed by atoms with van der Waals surface area (Å²) in [6.07, 6.45) is 0. The molecule has 1 aromatic heterocycles. The molecule has 22 heavy (non-hydrogen) atoms. The Morgan fingerprint density at radius 2 is 1.73 bits per heavy atom. The molecule has 2 aromatic carbocycles. The summed E-state index contributed by atoms with van der Waals surface area (Å²) in [5.41, 5.74) is 7.73. The quantitative estimate of drug-likeness (QED) is 0.749. The van der Waals surface area contributed by atoms with Gasteiger partial charge < -0.3 is 5.73 Å². The van der Waals surface area contributed by atoms with E-state index in [2.05, 4.69) is 10.2 Å². The lowest BCUT2D eigenvalue weighted by Gasteiger charge is -2.12. The van der Waals surface area contributed by atoms with Crippen LogP contribution in [-0.4, -0.2) is 20.5 Å². The van der Waals surface area contributed by atoms with Gasteiger partial charge in [0.15, 0.2) is 11.6 Å². The Labute approximate surface area is 128 Å². The minimum atomic E-state index is -0.0349. The molecule has 3 aromatic rings. The van der Waals surface area contributed by atoms with E-state index in [1.54, 1.807) is 0 Å². The van der Waals surface area contributed by atoms with E-state index in [0.29, 0.717) is 22.8 Å². The lowest BCUT2D eigenvalue weighted by Crippen LogP contribution is -2.12. The molecule has 110 valence electrons. The molecule has 3 rings (SSSR count). The van der Waals surface area contributed by atoms with Gasteiger partial charge in [-0.05, 0) is 19.1 Å². The SMILES string of the molecule is Cc1nnc(CN)n1-c1ccccc1C(=O)c1ccccc1. The van der Waals surface area contributed by atoms with Gasteiger partial charge in [0.25, 0.3) is 0 Å². The molecule has 0 saturated carbocycles. The summed E-state index contributed by atoms with van der Waals surface area (Å²) < 4.78 is 1.83. The van der Waals surface area contributed by atoms with E-state index in [4.69, 9.17) is 5.73 Å². The van der Waals surface area contributed by atoms with Crippen molar-refractivity contribution in [2.45, 2.75) is 13.5 Å². The summed E-state index contributed by atoms with van der Waals surface area (Å²) in [5.74, 6) is 1.30. The Balaban J connectivity index is 2.15. The maximum atomic E-state index is 12.8. The van der Waals surface area contributed by atoms with E-state index in [0.717, 1.165) is 5.69 Å². The van der Waals surface area contributed by atoms with Gasteiger partial charge in [-0.2, -0.15) is 0 Å². The van der Waals surface area contributed by atoms with Gasteiger partial charge >= 0.3 is 0 Å². The predicted octanol–water partition coefficient (Wildman–Crippen LogP) is 2.27. The van der Waals surface area contributed by atoms with Crippen LogP contribution in [0.3, 0.4) is 0 Å². The first-order valence-corrected chi connectivity index (χ1v) is 7.02. The molecular weight excluding hydrogens is 276 g/mol. The standard InChI is InChI=1S/C17H16N4O/c1-12-19-20-16(11-18)21(12)15-10-6-5-9-14(15)17(22)13-7-3-2-4-8-13/h2-10H,11,18H2,1H3. The minimum absolute atomic E-state index is 0.0349. The third-order valence-electron chi connectivity index (χ3n) is 3.50. The van der Waals surface area contributed by atoms with Crippen LogP contribution in [-0.2, 0) is 6.54 Å². The van der Waals surface area contributed by atoms with E-state index in [1.807, 2.05) is 66.1 Å². The molecule has 0 fully saturated rings. The van der Waals surface area contributed by atoms with Crippen LogP contribution < -0.4 is 5.73 Å². The number of hydrogen-bond acceptors (Lipinski definition) is 4. The number of nitrogens with zero attached hydrogens (tertiary/aromatic N) is 3. The van der Waals surface area contributed by atoms with Crippen molar-refractivity contribution in [2.24, 2.45) is 5.73 Å². The maximum Gasteiger partial charge on any atom is 0.195 e. The first kappa shape index (κ1) is 14.2. The molecule has 0 atom stereocenters. The van der Waals surface area contributed by atoms with E-state index < -0.39 is 0 Å². The zero-order valence-electron chi connectivity index (χ0n) is 12.2. The maximum absolute atomic E-state index is 12.8. The van der Waals surface area contributed by atoms with Crippen molar-refractivity contribution in [1.29, 1.82) is 0 Å². The van der Waals surface area contributed by atoms with Crippen molar-refractivity contribution < 1.29 is 4.79 Å². The number of benzene rings is 2. The Kier molecular flexibility index (Phi) is 3.80. The minimum Gasteiger partial charge on any atom is -0.324 e. The zero-order chi connectivity index (χ0) is 15.5. The molecule has 0 spiro atoms. The number of hydrogen-bond donors (Lipinski definition) is 1. The highest BCUT2D eigenvalue weighted by molar-refractivity contribution is 6.11. The van der Waals surface area contributed by atoms with Crippen molar-refractivity contribution in [3.05, 3.63) is 77.4 Å². The molecule has 0 aliphatic carbocycles. The second kappa shape index (κ2) is 5.91. The highest BCUT2D eigenvalue weighted by Gasteiger charge is 2.18. The number of carbonyl (C=O) groups is 1. The van der Waals surface area contributed by atoms with Gasteiger partial charge in [-0.15, -0.1) is 10.2 Å². The van der Waals surface area contributed by atoms with E-state index >= 15 is 0 Å². The fourth-order valence-electron chi connectivity index (χ4n) is 2.46. The van der Waals surface area contributed by atoms with Crippen LogP contribution in [0.15, 0.2) is 54.6 Å². The number of carbonyl (C=O) groups excluding carboxylic acids is 1. The number of para-hydroxylation sites is 1. The van der Waals surface area contributed by atoms with Crippen LogP contribution >= 0.6 is 0 Å². The van der Waals surface area contributed by atoms with Crippen molar-refractivity contribution >= 4 is 5.78 Å². The van der Waals surface area contributed by atoms with Gasteiger partial charge in [-0.3, -0.25) is 9.36 Å². The van der Waals surface area contributed by atoms with Crippen molar-refractivity contribution in [2.75, 3.05) is 0 Å². The summed E-state index contributed by atoms with van der Waals surface area (Å²) in [4.78, 5) is 12.8. The molecule has 5 nitrogen and oxygen atoms in total. The van der Waals surface area contributed by atoms with Gasteiger partial charge in [0.05, 0.1) is 12.2 Å². The van der Waals surface area contributed by atoms with Crippen LogP contribution in [0.2, 0.25) is 0 Å². The number of aromatic nitrogens is 3. The molecule has 0 saturated heterocycles. The summed E-state index contributed by atoms with van der Waals surface area (Å²) >= 11 is 0. The Hall–Kier alpha value is -2.79. The molecule has 2 N–H and O–H groups in total. The fraction of sp³-hybridized carbons (Fsp3) is 0.118. The monoisotopic (exact) mass is 292 g/mol. The number of nitrogens with two attached hydrogens (primary N) is 1. The number of ketones is 1. The second-order valence-electron chi connectivity index (χ2n) is 4.92. The summed E-state index contributed by atoms with van der Waals surface area (Å²) in [6, 6.07) is 16.6. The average molecular weight is 292 g/mol. The smallest absolute Gasteiger partial charge is 0.195 e. The summed E-state index contributed by atoms with van der Waals surface area (Å²) in [5, 5.41) is 8.12. The van der Waals surface area contributed by atoms with Gasteiger partial charge in [0.2, 0.25) is 0 Å². The zero-order valence-corrected chi connectivity index (χ0v) is 12.2. The van der Waals surface area contributed by atoms with Gasteiger partial charge in [0.1, 0.15) is 5.82 Å². The fourth-order valence-corrected chi connectivity index (χ4v) is 2.46. The van der Waals surface area contributed by atoms with E-state index in [1.165, 1.54) is 0 Å². The molecule has 0 aliphatic heterocycles. The van der Waals surface area contributed by atoms with Crippen molar-refractivity contribution in [1.82, 2.24) is 14.8 Å². The Morgan fingerprint density at radius 1 is 1.05 bits per heavy atom. The molecule has 5 heteroatoms. The van der Waals surface area contributed by atoms with Crippen molar-refractivity contribution in [3.63, 3.8) is 0 Å². The first-order chi connectivity index (χ1) is 10.7. The topological polar surface area (TPSA) is 73.8 Å². The van der Waals surface area contributed by atoms with Gasteiger partial charge in [-0.1, -0.05) is 42.5 Å². The van der Waals surface area contributed by atoms with Gasteiger partial charge in [0, 0.05) is 11.1 Å². The largest absolute Gasteiger partial charge is 0.324 e. The van der Waals surface area contributed by atoms with E-state index in [-0.39, 0.29) is 12.3 Å². The highest BCUT2D eigenvalue weighted by Crippen LogP contribution is 2.21. The molecule has 0 unspecified atom stereocenters. The van der Waals surface area contributed by atoms with Crippen LogP contribution in [0, 0.1) is 6.92 Å². The number of rotatable bonds is 4. The molecule has 0 bridgehead atoms. The predicted molar refractivity (Wildman–Crippen MR) is 83.9 cm³/mol. The highest BCUT2D eigenvalue weighted by atomic mass is 16.1. The van der Waals surface area contributed by atoms with Crippen LogP contribution in [0.5, 0.6) is 0 Å². The number of aryl methyl sites for hydroxylation is 1. The Morgan fingerprint density at radius 3 is 2.45 bits per heavy atom. The molecule has 0 radical (unpaired) electrons. The first-order valence-electron chi connectivity index (χ1n) is 7.02. The molecule has 1 heterocycles. The summed E-state index contributed by atoms with van der Waals surface area (Å²) in [7, 11) is 0. The second-order valence-corrected chi connectivity index (χ2v) is 4.92. The van der Waals surface area contributed by atoms with Crippen LogP contribution in [0.1, 0.15) is 27.6 Å². The molecule has 0 amide bonds. The average Bonchev–Trinajstić information content (AvgIpc) is 2.95. The third-order valence-corrected chi connectivity index (χ3v) is 3.50. The lowest BCUT2D eigenvalue weighted by atomic mass is 10.0.